The zero-order valence-corrected chi connectivity index (χ0v) is 11.4. The quantitative estimate of drug-likeness (QED) is 0.908. The van der Waals surface area contributed by atoms with Gasteiger partial charge in [-0.2, -0.15) is 0 Å². The van der Waals surface area contributed by atoms with Crippen LogP contribution in [-0.4, -0.2) is 48.3 Å². The lowest BCUT2D eigenvalue weighted by Crippen LogP contribution is -2.50. The second kappa shape index (κ2) is 5.43. The van der Waals surface area contributed by atoms with Gasteiger partial charge in [0.15, 0.2) is 0 Å². The minimum absolute atomic E-state index is 0.322. The summed E-state index contributed by atoms with van der Waals surface area (Å²) in [5.41, 5.74) is -0.408. The van der Waals surface area contributed by atoms with Crippen molar-refractivity contribution in [3.8, 4) is 0 Å². The van der Waals surface area contributed by atoms with Crippen LogP contribution in [0.25, 0.3) is 0 Å². The van der Waals surface area contributed by atoms with Crippen LogP contribution in [0.2, 0.25) is 0 Å². The molecular weight excluding hydrogens is 250 g/mol. The number of aliphatic hydroxyl groups is 1. The largest absolute Gasteiger partial charge is 0.389 e. The first kappa shape index (κ1) is 14.2. The molecule has 19 heavy (non-hydrogen) atoms. The summed E-state index contributed by atoms with van der Waals surface area (Å²) >= 11 is 0. The molecule has 106 valence electrons. The highest BCUT2D eigenvalue weighted by Crippen LogP contribution is 2.22. The zero-order valence-electron chi connectivity index (χ0n) is 11.4. The number of nitrogens with zero attached hydrogens (tertiary/aromatic N) is 2. The average Bonchev–Trinajstić information content (AvgIpc) is 2.31. The lowest BCUT2D eigenvalue weighted by molar-refractivity contribution is 0.0344. The van der Waals surface area contributed by atoms with E-state index in [-0.39, 0.29) is 0 Å². The van der Waals surface area contributed by atoms with Gasteiger partial charge in [-0.1, -0.05) is 0 Å². The van der Waals surface area contributed by atoms with Crippen molar-refractivity contribution < 1.29 is 13.9 Å². The lowest BCUT2D eigenvalue weighted by Gasteiger charge is -2.38. The zero-order chi connectivity index (χ0) is 14.0. The molecule has 0 bridgehead atoms. The van der Waals surface area contributed by atoms with Gasteiger partial charge in [0.25, 0.3) is 0 Å². The molecule has 0 radical (unpaired) electrons. The number of hydrogen-bond acceptors (Lipinski definition) is 3. The lowest BCUT2D eigenvalue weighted by atomic mass is 10.1. The summed E-state index contributed by atoms with van der Waals surface area (Å²) in [5, 5.41) is 9.77. The van der Waals surface area contributed by atoms with E-state index in [4.69, 9.17) is 0 Å². The van der Waals surface area contributed by atoms with Crippen LogP contribution in [0.5, 0.6) is 0 Å². The molecule has 1 aromatic rings. The Morgan fingerprint density at radius 2 is 1.79 bits per heavy atom. The van der Waals surface area contributed by atoms with Gasteiger partial charge in [-0.15, -0.1) is 0 Å². The highest BCUT2D eigenvalue weighted by molar-refractivity contribution is 5.48. The first-order valence-corrected chi connectivity index (χ1v) is 6.50. The fourth-order valence-corrected chi connectivity index (χ4v) is 2.42. The number of β-amino-alcohol motifs (C(OH)–C–C–N with tert-alkyl or cyclic N) is 1. The van der Waals surface area contributed by atoms with E-state index in [1.165, 1.54) is 6.07 Å². The fraction of sp³-hybridized carbons (Fsp3) is 0.571. The van der Waals surface area contributed by atoms with Crippen LogP contribution < -0.4 is 4.90 Å². The van der Waals surface area contributed by atoms with E-state index in [1.54, 1.807) is 13.8 Å². The molecule has 0 amide bonds. The third-order valence-electron chi connectivity index (χ3n) is 3.23. The maximum absolute atomic E-state index is 13.7. The smallest absolute Gasteiger partial charge is 0.146 e. The molecule has 2 rings (SSSR count). The van der Waals surface area contributed by atoms with Crippen molar-refractivity contribution in [1.29, 1.82) is 0 Å². The maximum Gasteiger partial charge on any atom is 0.146 e. The predicted molar refractivity (Wildman–Crippen MR) is 71.3 cm³/mol. The SMILES string of the molecule is CC(C)(O)CN1CCN(c2cc(F)ccc2F)CC1. The molecule has 1 heterocycles. The number of halogens is 2. The highest BCUT2D eigenvalue weighted by atomic mass is 19.1. The van der Waals surface area contributed by atoms with Gasteiger partial charge >= 0.3 is 0 Å². The van der Waals surface area contributed by atoms with Crippen LogP contribution >= 0.6 is 0 Å². The van der Waals surface area contributed by atoms with Crippen molar-refractivity contribution in [3.63, 3.8) is 0 Å². The molecule has 3 nitrogen and oxygen atoms in total. The molecule has 5 heteroatoms. The average molecular weight is 270 g/mol. The molecule has 1 N–H and O–H groups in total. The summed E-state index contributed by atoms with van der Waals surface area (Å²) in [6.45, 7) is 6.87. The summed E-state index contributed by atoms with van der Waals surface area (Å²) in [6, 6.07) is 3.53. The summed E-state index contributed by atoms with van der Waals surface area (Å²) in [4.78, 5) is 3.98. The van der Waals surface area contributed by atoms with E-state index in [9.17, 15) is 13.9 Å². The Morgan fingerprint density at radius 1 is 1.16 bits per heavy atom. The third-order valence-corrected chi connectivity index (χ3v) is 3.23. The molecule has 0 aromatic heterocycles. The van der Waals surface area contributed by atoms with Crippen molar-refractivity contribution >= 4 is 5.69 Å². The predicted octanol–water partition coefficient (Wildman–Crippen LogP) is 1.86. The van der Waals surface area contributed by atoms with Crippen LogP contribution in [0, 0.1) is 11.6 Å². The molecule has 0 saturated carbocycles. The van der Waals surface area contributed by atoms with Gasteiger partial charge in [-0.25, -0.2) is 8.78 Å². The number of hydrogen-bond donors (Lipinski definition) is 1. The van der Waals surface area contributed by atoms with Gasteiger partial charge in [-0.05, 0) is 26.0 Å². The number of rotatable bonds is 3. The van der Waals surface area contributed by atoms with E-state index >= 15 is 0 Å². The first-order valence-electron chi connectivity index (χ1n) is 6.50. The Balaban J connectivity index is 1.98. The van der Waals surface area contributed by atoms with Gasteiger partial charge < -0.3 is 10.0 Å². The summed E-state index contributed by atoms with van der Waals surface area (Å²) in [6.07, 6.45) is 0. The van der Waals surface area contributed by atoms with Crippen molar-refractivity contribution in [2.75, 3.05) is 37.6 Å². The number of anilines is 1. The minimum atomic E-state index is -0.730. The van der Waals surface area contributed by atoms with Gasteiger partial charge in [0, 0.05) is 38.8 Å². The number of piperazine rings is 1. The van der Waals surface area contributed by atoms with Crippen LogP contribution in [0.15, 0.2) is 18.2 Å². The molecule has 1 aliphatic heterocycles. The summed E-state index contributed by atoms with van der Waals surface area (Å²) < 4.78 is 26.8. The molecule has 1 saturated heterocycles. The molecule has 1 aliphatic rings. The van der Waals surface area contributed by atoms with E-state index in [0.29, 0.717) is 25.3 Å². The first-order chi connectivity index (χ1) is 8.85. The highest BCUT2D eigenvalue weighted by Gasteiger charge is 2.24. The molecule has 0 unspecified atom stereocenters. The Morgan fingerprint density at radius 3 is 2.37 bits per heavy atom. The summed E-state index contributed by atoms with van der Waals surface area (Å²) in [7, 11) is 0. The van der Waals surface area contributed by atoms with Gasteiger partial charge in [-0.3, -0.25) is 4.90 Å². The second-order valence-corrected chi connectivity index (χ2v) is 5.67. The van der Waals surface area contributed by atoms with Gasteiger partial charge in [0.2, 0.25) is 0 Å². The van der Waals surface area contributed by atoms with Crippen molar-refractivity contribution in [1.82, 2.24) is 4.90 Å². The van der Waals surface area contributed by atoms with Crippen LogP contribution in [0.4, 0.5) is 14.5 Å². The van der Waals surface area contributed by atoms with Crippen molar-refractivity contribution in [2.24, 2.45) is 0 Å². The topological polar surface area (TPSA) is 26.7 Å². The molecule has 0 spiro atoms. The molecule has 1 fully saturated rings. The van der Waals surface area contributed by atoms with Crippen LogP contribution in [0.1, 0.15) is 13.8 Å². The van der Waals surface area contributed by atoms with E-state index in [2.05, 4.69) is 4.90 Å². The third kappa shape index (κ3) is 3.88. The Bertz CT molecular complexity index is 438. The van der Waals surface area contributed by atoms with Crippen molar-refractivity contribution in [2.45, 2.75) is 19.4 Å². The maximum atomic E-state index is 13.7. The number of benzene rings is 1. The summed E-state index contributed by atoms with van der Waals surface area (Å²) in [5.74, 6) is -0.812. The molecule has 0 atom stereocenters. The van der Waals surface area contributed by atoms with E-state index in [0.717, 1.165) is 25.2 Å². The Labute approximate surface area is 112 Å². The van der Waals surface area contributed by atoms with Crippen molar-refractivity contribution in [3.05, 3.63) is 29.8 Å². The monoisotopic (exact) mass is 270 g/mol. The van der Waals surface area contributed by atoms with E-state index in [1.807, 2.05) is 4.90 Å². The second-order valence-electron chi connectivity index (χ2n) is 5.67. The van der Waals surface area contributed by atoms with Crippen LogP contribution in [0.3, 0.4) is 0 Å². The Kier molecular flexibility index (Phi) is 4.06. The normalized spacial score (nSPS) is 17.8. The van der Waals surface area contributed by atoms with Gasteiger partial charge in [0.1, 0.15) is 11.6 Å². The molecule has 0 aliphatic carbocycles. The standard InChI is InChI=1S/C14H20F2N2O/c1-14(2,19)10-17-5-7-18(8-6-17)13-9-11(15)3-4-12(13)16/h3-4,9,19H,5-8,10H2,1-2H3. The molecular formula is C14H20F2N2O. The minimum Gasteiger partial charge on any atom is -0.389 e. The Hall–Kier alpha value is -1.20. The van der Waals surface area contributed by atoms with Crippen LogP contribution in [-0.2, 0) is 0 Å². The molecule has 1 aromatic carbocycles. The van der Waals surface area contributed by atoms with E-state index < -0.39 is 17.2 Å². The fourth-order valence-electron chi connectivity index (χ4n) is 2.42. The van der Waals surface area contributed by atoms with Gasteiger partial charge in [0.05, 0.1) is 11.3 Å².